The summed E-state index contributed by atoms with van der Waals surface area (Å²) in [6, 6.07) is 21.9. The van der Waals surface area contributed by atoms with E-state index in [0.717, 1.165) is 21.4 Å². The molecule has 1 aliphatic rings. The second-order valence-electron chi connectivity index (χ2n) is 8.35. The molecule has 1 saturated heterocycles. The molecular weight excluding hydrogens is 563 g/mol. The summed E-state index contributed by atoms with van der Waals surface area (Å²) in [5.74, 6) is 0.410. The van der Waals surface area contributed by atoms with Gasteiger partial charge in [-0.2, -0.15) is 0 Å². The van der Waals surface area contributed by atoms with Crippen molar-refractivity contribution in [2.24, 2.45) is 0 Å². The van der Waals surface area contributed by atoms with Gasteiger partial charge in [0.1, 0.15) is 18.4 Å². The lowest BCUT2D eigenvalue weighted by Crippen LogP contribution is -2.29. The number of hydrogen-bond acceptors (Lipinski definition) is 6. The largest absolute Gasteiger partial charge is 0.452 e. The third-order valence-electron chi connectivity index (χ3n) is 5.80. The average Bonchev–Trinajstić information content (AvgIpc) is 3.51. The van der Waals surface area contributed by atoms with Crippen molar-refractivity contribution in [3.05, 3.63) is 100 Å². The van der Waals surface area contributed by atoms with E-state index in [0.29, 0.717) is 26.6 Å². The molecule has 1 fully saturated rings. The second kappa shape index (κ2) is 11.8. The molecule has 5 rings (SSSR count). The molecule has 2 aromatic heterocycles. The summed E-state index contributed by atoms with van der Waals surface area (Å²) in [6.07, 6.45) is 1.75. The number of thiocarbonyl (C=S) groups is 1. The average molecular weight is 586 g/mol. The Kier molecular flexibility index (Phi) is 8.21. The highest BCUT2D eigenvalue weighted by Gasteiger charge is 2.42. The minimum Gasteiger partial charge on any atom is -0.452 e. The number of aromatic nitrogens is 1. The fourth-order valence-electron chi connectivity index (χ4n) is 4.16. The van der Waals surface area contributed by atoms with Gasteiger partial charge in [-0.1, -0.05) is 41.0 Å². The van der Waals surface area contributed by atoms with Crippen molar-refractivity contribution >= 4 is 69.6 Å². The van der Waals surface area contributed by atoms with Gasteiger partial charge in [0.05, 0.1) is 22.4 Å². The minimum absolute atomic E-state index is 0.0686. The van der Waals surface area contributed by atoms with Crippen LogP contribution in [0.2, 0.25) is 10.0 Å². The molecule has 1 amide bonds. The Balaban J connectivity index is 1.48. The van der Waals surface area contributed by atoms with Crippen LogP contribution in [0, 0.1) is 0 Å². The van der Waals surface area contributed by atoms with Gasteiger partial charge in [0, 0.05) is 28.9 Å². The Morgan fingerprint density at radius 2 is 1.97 bits per heavy atom. The summed E-state index contributed by atoms with van der Waals surface area (Å²) in [5, 5.41) is 8.42. The second-order valence-corrected chi connectivity index (χ2v) is 10.7. The van der Waals surface area contributed by atoms with Crippen molar-refractivity contribution in [3.63, 3.8) is 0 Å². The zero-order chi connectivity index (χ0) is 26.6. The van der Waals surface area contributed by atoms with Crippen molar-refractivity contribution in [3.8, 4) is 0 Å². The molecule has 2 atom stereocenters. The van der Waals surface area contributed by atoms with E-state index in [1.165, 1.54) is 18.9 Å². The van der Waals surface area contributed by atoms with Crippen LogP contribution in [0.15, 0.2) is 93.4 Å². The lowest BCUT2D eigenvalue weighted by molar-refractivity contribution is -0.119. The molecule has 0 saturated carbocycles. The molecule has 1 aliphatic heterocycles. The number of hydrogen-bond donors (Lipinski definition) is 2. The van der Waals surface area contributed by atoms with Gasteiger partial charge >= 0.3 is 0 Å². The maximum atomic E-state index is 12.0. The maximum Gasteiger partial charge on any atom is 0.250 e. The van der Waals surface area contributed by atoms with Crippen LogP contribution in [-0.4, -0.2) is 29.7 Å². The van der Waals surface area contributed by atoms with Gasteiger partial charge < -0.3 is 24.7 Å². The number of carbonyl (C=O) groups excluding carboxylic acids is 1. The fourth-order valence-corrected chi connectivity index (χ4v) is 5.63. The standard InChI is InChI=1S/C27H22Cl2N4O3S2/c1-35-15-23(34)31-20-10-7-17(14-19(20)29)33-26(25(32-27(33)37)21-4-2-3-13-30-21)22-11-12-24(36-22)38-18-8-5-16(28)6-9-18/h2-14,25-26H,15H2,1H3,(H,31,34)(H,32,37)/t25-,26+/m0/s1. The molecule has 0 spiro atoms. The molecule has 0 bridgehead atoms. The van der Waals surface area contributed by atoms with E-state index in [4.69, 9.17) is 44.6 Å². The Morgan fingerprint density at radius 3 is 2.68 bits per heavy atom. The van der Waals surface area contributed by atoms with Crippen molar-refractivity contribution in [2.75, 3.05) is 23.9 Å². The first-order valence-corrected chi connectivity index (χ1v) is 13.5. The Bertz CT molecular complexity index is 1450. The van der Waals surface area contributed by atoms with E-state index < -0.39 is 0 Å². The maximum absolute atomic E-state index is 12.0. The number of ether oxygens (including phenoxy) is 1. The number of rotatable bonds is 8. The third kappa shape index (κ3) is 5.82. The number of nitrogens with zero attached hydrogens (tertiary/aromatic N) is 2. The first kappa shape index (κ1) is 26.5. The van der Waals surface area contributed by atoms with Crippen LogP contribution in [-0.2, 0) is 9.53 Å². The smallest absolute Gasteiger partial charge is 0.250 e. The monoisotopic (exact) mass is 584 g/mol. The number of pyridine rings is 1. The number of methoxy groups -OCH3 is 1. The molecule has 7 nitrogen and oxygen atoms in total. The summed E-state index contributed by atoms with van der Waals surface area (Å²) in [6.45, 7) is -0.0686. The molecule has 0 aliphatic carbocycles. The van der Waals surface area contributed by atoms with Crippen LogP contribution in [0.4, 0.5) is 11.4 Å². The number of nitrogens with one attached hydrogen (secondary N) is 2. The lowest BCUT2D eigenvalue weighted by Gasteiger charge is -2.26. The van der Waals surface area contributed by atoms with E-state index in [1.807, 2.05) is 65.6 Å². The highest BCUT2D eigenvalue weighted by molar-refractivity contribution is 7.99. The molecule has 2 N–H and O–H groups in total. The van der Waals surface area contributed by atoms with E-state index >= 15 is 0 Å². The molecular formula is C27H22Cl2N4O3S2. The fraction of sp³-hybridized carbons (Fsp3) is 0.148. The number of anilines is 2. The summed E-state index contributed by atoms with van der Waals surface area (Å²) in [5.41, 5.74) is 2.04. The molecule has 0 radical (unpaired) electrons. The highest BCUT2D eigenvalue weighted by atomic mass is 35.5. The Labute approximate surface area is 239 Å². The van der Waals surface area contributed by atoms with E-state index in [-0.39, 0.29) is 24.6 Å². The highest BCUT2D eigenvalue weighted by Crippen LogP contribution is 2.44. The molecule has 3 heterocycles. The number of amides is 1. The van der Waals surface area contributed by atoms with Gasteiger partial charge in [0.25, 0.3) is 0 Å². The third-order valence-corrected chi connectivity index (χ3v) is 7.61. The SMILES string of the molecule is COCC(=O)Nc1ccc(N2C(=S)N[C@@H](c3ccccn3)[C@H]2c2ccc(Sc3ccc(Cl)cc3)o2)cc1Cl. The predicted molar refractivity (Wildman–Crippen MR) is 154 cm³/mol. The molecule has 38 heavy (non-hydrogen) atoms. The van der Waals surface area contributed by atoms with Crippen LogP contribution >= 0.6 is 47.2 Å². The molecule has 194 valence electrons. The number of halogens is 2. The van der Waals surface area contributed by atoms with E-state index in [9.17, 15) is 4.79 Å². The van der Waals surface area contributed by atoms with Crippen LogP contribution in [0.25, 0.3) is 0 Å². The topological polar surface area (TPSA) is 79.6 Å². The van der Waals surface area contributed by atoms with Crippen molar-refractivity contribution in [1.29, 1.82) is 0 Å². The van der Waals surface area contributed by atoms with Crippen LogP contribution in [0.1, 0.15) is 23.5 Å². The number of carbonyl (C=O) groups is 1. The van der Waals surface area contributed by atoms with Gasteiger partial charge in [-0.25, -0.2) is 0 Å². The zero-order valence-corrected chi connectivity index (χ0v) is 23.2. The van der Waals surface area contributed by atoms with Gasteiger partial charge in [0.15, 0.2) is 10.2 Å². The first-order chi connectivity index (χ1) is 18.4. The Morgan fingerprint density at radius 1 is 1.16 bits per heavy atom. The summed E-state index contributed by atoms with van der Waals surface area (Å²) >= 11 is 19.9. The summed E-state index contributed by atoms with van der Waals surface area (Å²) < 4.78 is 11.2. The predicted octanol–water partition coefficient (Wildman–Crippen LogP) is 6.89. The van der Waals surface area contributed by atoms with Crippen molar-refractivity contribution < 1.29 is 13.9 Å². The number of furan rings is 1. The summed E-state index contributed by atoms with van der Waals surface area (Å²) in [4.78, 5) is 19.5. The van der Waals surface area contributed by atoms with Crippen LogP contribution in [0.5, 0.6) is 0 Å². The van der Waals surface area contributed by atoms with Crippen LogP contribution < -0.4 is 15.5 Å². The summed E-state index contributed by atoms with van der Waals surface area (Å²) in [7, 11) is 1.46. The normalized spacial score (nSPS) is 16.9. The lowest BCUT2D eigenvalue weighted by atomic mass is 10.0. The van der Waals surface area contributed by atoms with E-state index in [1.54, 1.807) is 18.3 Å². The molecule has 4 aromatic rings. The molecule has 2 aromatic carbocycles. The first-order valence-electron chi connectivity index (χ1n) is 11.5. The zero-order valence-electron chi connectivity index (χ0n) is 20.1. The minimum atomic E-state index is -0.345. The number of benzene rings is 2. The van der Waals surface area contributed by atoms with Crippen molar-refractivity contribution in [2.45, 2.75) is 22.1 Å². The van der Waals surface area contributed by atoms with Gasteiger partial charge in [-0.15, -0.1) is 0 Å². The van der Waals surface area contributed by atoms with Gasteiger partial charge in [-0.05, 0) is 78.9 Å². The molecule has 11 heteroatoms. The van der Waals surface area contributed by atoms with Crippen LogP contribution in [0.3, 0.4) is 0 Å². The molecule has 0 unspecified atom stereocenters. The Hall–Kier alpha value is -3.08. The van der Waals surface area contributed by atoms with Crippen molar-refractivity contribution in [1.82, 2.24) is 10.3 Å². The van der Waals surface area contributed by atoms with Gasteiger partial charge in [-0.3, -0.25) is 9.78 Å². The quantitative estimate of drug-likeness (QED) is 0.217. The van der Waals surface area contributed by atoms with E-state index in [2.05, 4.69) is 15.6 Å². The van der Waals surface area contributed by atoms with Gasteiger partial charge in [0.2, 0.25) is 5.91 Å².